The average Bonchev–Trinajstić information content (AvgIpc) is 2.27. The van der Waals surface area contributed by atoms with Crippen molar-refractivity contribution in [2.75, 3.05) is 0 Å². The summed E-state index contributed by atoms with van der Waals surface area (Å²) in [5.74, 6) is -3.60. The molecule has 104 valence electrons. The Kier molecular flexibility index (Phi) is 4.12. The number of hydrogen-bond acceptors (Lipinski definition) is 5. The summed E-state index contributed by atoms with van der Waals surface area (Å²) in [4.78, 5) is 21.9. The lowest BCUT2D eigenvalue weighted by molar-refractivity contribution is 0.0686. The minimum atomic E-state index is -4.59. The van der Waals surface area contributed by atoms with Crippen LogP contribution >= 0.6 is 0 Å². The minimum absolute atomic E-state index is 0.518. The SMILES string of the molecule is CC(Oc1c(C(=O)O)cccc1C(=O)O)S(=O)(=O)O. The van der Waals surface area contributed by atoms with Gasteiger partial charge in [-0.2, -0.15) is 8.42 Å². The van der Waals surface area contributed by atoms with E-state index in [4.69, 9.17) is 19.5 Å². The average molecular weight is 290 g/mol. The molecule has 0 aliphatic rings. The standard InChI is InChI=1S/C10H10O8S/c1-5(19(15,16)17)18-8-6(9(11)12)3-2-4-7(8)10(13)14/h2-5H,1H3,(H,11,12)(H,13,14)(H,15,16,17). The van der Waals surface area contributed by atoms with Crippen LogP contribution in [0.4, 0.5) is 0 Å². The van der Waals surface area contributed by atoms with Gasteiger partial charge in [0.1, 0.15) is 16.9 Å². The molecule has 0 heterocycles. The summed E-state index contributed by atoms with van der Waals surface area (Å²) in [7, 11) is -4.59. The van der Waals surface area contributed by atoms with Crippen LogP contribution < -0.4 is 4.74 Å². The molecular formula is C10H10O8S. The predicted molar refractivity (Wildman–Crippen MR) is 62.0 cm³/mol. The molecule has 8 nitrogen and oxygen atoms in total. The maximum atomic E-state index is 10.9. The third-order valence-corrected chi connectivity index (χ3v) is 3.11. The van der Waals surface area contributed by atoms with Gasteiger partial charge in [-0.05, 0) is 19.1 Å². The van der Waals surface area contributed by atoms with Gasteiger partial charge in [0.05, 0.1) is 0 Å². The molecule has 0 saturated carbocycles. The topological polar surface area (TPSA) is 138 Å². The van der Waals surface area contributed by atoms with E-state index < -0.39 is 44.4 Å². The monoisotopic (exact) mass is 290 g/mol. The van der Waals surface area contributed by atoms with Crippen molar-refractivity contribution in [3.05, 3.63) is 29.3 Å². The van der Waals surface area contributed by atoms with Crippen LogP contribution in [-0.2, 0) is 10.1 Å². The largest absolute Gasteiger partial charge is 0.478 e. The summed E-state index contributed by atoms with van der Waals surface area (Å²) < 4.78 is 35.2. The number of aromatic carboxylic acids is 2. The van der Waals surface area contributed by atoms with Crippen LogP contribution in [0, 0.1) is 0 Å². The first-order chi connectivity index (χ1) is 8.64. The number of carbonyl (C=O) groups is 2. The second-order valence-corrected chi connectivity index (χ2v) is 5.19. The fraction of sp³-hybridized carbons (Fsp3) is 0.200. The maximum absolute atomic E-state index is 10.9. The number of ether oxygens (including phenoxy) is 1. The Morgan fingerprint density at radius 1 is 1.16 bits per heavy atom. The van der Waals surface area contributed by atoms with Crippen LogP contribution in [0.3, 0.4) is 0 Å². The van der Waals surface area contributed by atoms with Gasteiger partial charge in [0.25, 0.3) is 0 Å². The Labute approximate surface area is 108 Å². The van der Waals surface area contributed by atoms with Crippen molar-refractivity contribution in [1.29, 1.82) is 0 Å². The Balaban J connectivity index is 3.38. The van der Waals surface area contributed by atoms with E-state index in [1.807, 2.05) is 0 Å². The van der Waals surface area contributed by atoms with Gasteiger partial charge in [-0.1, -0.05) is 6.07 Å². The van der Waals surface area contributed by atoms with Crippen molar-refractivity contribution in [3.63, 3.8) is 0 Å². The van der Waals surface area contributed by atoms with Gasteiger partial charge in [-0.15, -0.1) is 0 Å². The van der Waals surface area contributed by atoms with Gasteiger partial charge < -0.3 is 14.9 Å². The third kappa shape index (κ3) is 3.42. The lowest BCUT2D eigenvalue weighted by Gasteiger charge is -2.15. The Hall–Kier alpha value is -2.13. The first kappa shape index (κ1) is 14.9. The van der Waals surface area contributed by atoms with Gasteiger partial charge >= 0.3 is 22.1 Å². The van der Waals surface area contributed by atoms with Crippen molar-refractivity contribution in [3.8, 4) is 5.75 Å². The molecule has 0 aliphatic carbocycles. The van der Waals surface area contributed by atoms with Gasteiger partial charge in [0, 0.05) is 0 Å². The number of rotatable bonds is 5. The second kappa shape index (κ2) is 5.24. The van der Waals surface area contributed by atoms with E-state index in [1.165, 1.54) is 6.07 Å². The molecule has 0 saturated heterocycles. The van der Waals surface area contributed by atoms with Crippen LogP contribution in [-0.4, -0.2) is 40.6 Å². The highest BCUT2D eigenvalue weighted by atomic mass is 32.2. The first-order valence-electron chi connectivity index (χ1n) is 4.87. The predicted octanol–water partition coefficient (Wildman–Crippen LogP) is 0.696. The molecule has 0 radical (unpaired) electrons. The number of hydrogen-bond donors (Lipinski definition) is 3. The zero-order valence-corrected chi connectivity index (χ0v) is 10.4. The van der Waals surface area contributed by atoms with Crippen molar-refractivity contribution in [2.45, 2.75) is 12.4 Å². The molecule has 0 spiro atoms. The summed E-state index contributed by atoms with van der Waals surface area (Å²) in [6.45, 7) is 0.944. The van der Waals surface area contributed by atoms with Crippen LogP contribution in [0.25, 0.3) is 0 Å². The number of benzene rings is 1. The van der Waals surface area contributed by atoms with E-state index in [-0.39, 0.29) is 0 Å². The van der Waals surface area contributed by atoms with Crippen LogP contribution in [0.5, 0.6) is 5.75 Å². The molecule has 3 N–H and O–H groups in total. The number of carboxylic acid groups (broad SMARTS) is 2. The lowest BCUT2D eigenvalue weighted by atomic mass is 10.1. The second-order valence-electron chi connectivity index (χ2n) is 3.49. The van der Waals surface area contributed by atoms with Crippen LogP contribution in [0.1, 0.15) is 27.6 Å². The molecule has 19 heavy (non-hydrogen) atoms. The molecule has 0 aliphatic heterocycles. The molecule has 1 rings (SSSR count). The molecule has 9 heteroatoms. The van der Waals surface area contributed by atoms with Crippen LogP contribution in [0.2, 0.25) is 0 Å². The van der Waals surface area contributed by atoms with E-state index in [9.17, 15) is 18.0 Å². The van der Waals surface area contributed by atoms with Crippen molar-refractivity contribution < 1.29 is 37.5 Å². The molecule has 1 atom stereocenters. The van der Waals surface area contributed by atoms with E-state index in [0.717, 1.165) is 19.1 Å². The number of para-hydroxylation sites is 1. The molecule has 0 amide bonds. The quantitative estimate of drug-likeness (QED) is 0.673. The van der Waals surface area contributed by atoms with E-state index in [1.54, 1.807) is 0 Å². The fourth-order valence-corrected chi connectivity index (χ4v) is 1.45. The first-order valence-corrected chi connectivity index (χ1v) is 6.37. The highest BCUT2D eigenvalue weighted by Crippen LogP contribution is 2.26. The maximum Gasteiger partial charge on any atom is 0.339 e. The molecule has 1 aromatic rings. The van der Waals surface area contributed by atoms with Crippen LogP contribution in [0.15, 0.2) is 18.2 Å². The minimum Gasteiger partial charge on any atom is -0.478 e. The molecule has 1 aromatic carbocycles. The molecule has 0 bridgehead atoms. The fourth-order valence-electron chi connectivity index (χ4n) is 1.23. The van der Waals surface area contributed by atoms with E-state index in [2.05, 4.69) is 0 Å². The normalized spacial score (nSPS) is 12.7. The number of carboxylic acids is 2. The Bertz CT molecular complexity index is 586. The van der Waals surface area contributed by atoms with Crippen molar-refractivity contribution in [2.24, 2.45) is 0 Å². The smallest absolute Gasteiger partial charge is 0.339 e. The van der Waals surface area contributed by atoms with Gasteiger partial charge in [0.15, 0.2) is 0 Å². The summed E-state index contributed by atoms with van der Waals surface area (Å²) in [5.41, 5.74) is -2.84. The summed E-state index contributed by atoms with van der Waals surface area (Å²) in [6, 6.07) is 3.29. The summed E-state index contributed by atoms with van der Waals surface area (Å²) >= 11 is 0. The highest BCUT2D eigenvalue weighted by molar-refractivity contribution is 7.86. The summed E-state index contributed by atoms with van der Waals surface area (Å²) in [5, 5.41) is 17.8. The zero-order chi connectivity index (χ0) is 14.8. The molecule has 0 aromatic heterocycles. The Morgan fingerprint density at radius 2 is 1.58 bits per heavy atom. The highest BCUT2D eigenvalue weighted by Gasteiger charge is 2.26. The van der Waals surface area contributed by atoms with Gasteiger partial charge in [0.2, 0.25) is 5.44 Å². The van der Waals surface area contributed by atoms with E-state index >= 15 is 0 Å². The van der Waals surface area contributed by atoms with E-state index in [0.29, 0.717) is 0 Å². The van der Waals surface area contributed by atoms with Crippen molar-refractivity contribution >= 4 is 22.1 Å². The zero-order valence-electron chi connectivity index (χ0n) is 9.60. The Morgan fingerprint density at radius 3 is 1.89 bits per heavy atom. The third-order valence-electron chi connectivity index (χ3n) is 2.18. The van der Waals surface area contributed by atoms with Gasteiger partial charge in [-0.3, -0.25) is 4.55 Å². The van der Waals surface area contributed by atoms with Crippen molar-refractivity contribution in [1.82, 2.24) is 0 Å². The molecular weight excluding hydrogens is 280 g/mol. The lowest BCUT2D eigenvalue weighted by Crippen LogP contribution is -2.25. The molecule has 1 unspecified atom stereocenters. The molecule has 0 fully saturated rings. The summed E-state index contributed by atoms with van der Waals surface area (Å²) in [6.07, 6.45) is 0. The van der Waals surface area contributed by atoms with Gasteiger partial charge in [-0.25, -0.2) is 9.59 Å².